The molecular weight excluding hydrogens is 132 g/mol. The molecule has 2 bridgehead atoms. The van der Waals surface area contributed by atoms with Gasteiger partial charge in [-0.3, -0.25) is 0 Å². The predicted octanol–water partition coefficient (Wildman–Crippen LogP) is 3.22. The second-order valence-corrected chi connectivity index (χ2v) is 5.12. The molecule has 3 rings (SSSR count). The molecule has 0 radical (unpaired) electrons. The second kappa shape index (κ2) is 1.84. The van der Waals surface area contributed by atoms with Crippen LogP contribution in [0.1, 0.15) is 45.4 Å². The molecule has 3 fully saturated rings. The van der Waals surface area contributed by atoms with Gasteiger partial charge >= 0.3 is 0 Å². The summed E-state index contributed by atoms with van der Waals surface area (Å²) in [7, 11) is 0. The summed E-state index contributed by atoms with van der Waals surface area (Å²) < 4.78 is 0. The number of hydrogen-bond donors (Lipinski definition) is 0. The average Bonchev–Trinajstić information content (AvgIpc) is 2.47. The molecule has 4 atom stereocenters. The van der Waals surface area contributed by atoms with Crippen LogP contribution < -0.4 is 0 Å². The minimum absolute atomic E-state index is 0.916. The molecule has 0 aliphatic heterocycles. The normalized spacial score (nSPS) is 59.2. The molecule has 0 aromatic rings. The SMILES string of the molecule is CCC1CC2CC3CCC13C2. The Balaban J connectivity index is 1.92. The van der Waals surface area contributed by atoms with Crippen LogP contribution in [-0.2, 0) is 0 Å². The number of fused-ring (bicyclic) bond motifs is 1. The smallest absolute Gasteiger partial charge is 0.0238 e. The average molecular weight is 150 g/mol. The maximum absolute atomic E-state index is 2.40. The Morgan fingerprint density at radius 2 is 2.27 bits per heavy atom. The van der Waals surface area contributed by atoms with E-state index in [1.807, 2.05) is 0 Å². The summed E-state index contributed by atoms with van der Waals surface area (Å²) in [6.07, 6.45) is 9.45. The highest BCUT2D eigenvalue weighted by Gasteiger charge is 2.61. The van der Waals surface area contributed by atoms with Crippen LogP contribution in [0.15, 0.2) is 0 Å². The van der Waals surface area contributed by atoms with Gasteiger partial charge in [0.1, 0.15) is 0 Å². The van der Waals surface area contributed by atoms with E-state index >= 15 is 0 Å². The van der Waals surface area contributed by atoms with E-state index in [-0.39, 0.29) is 0 Å². The zero-order valence-corrected chi connectivity index (χ0v) is 7.47. The van der Waals surface area contributed by atoms with Gasteiger partial charge in [0, 0.05) is 0 Å². The summed E-state index contributed by atoms with van der Waals surface area (Å²) in [6, 6.07) is 0. The maximum Gasteiger partial charge on any atom is -0.0238 e. The molecule has 4 unspecified atom stereocenters. The molecule has 0 aromatic heterocycles. The quantitative estimate of drug-likeness (QED) is 0.538. The largest absolute Gasteiger partial charge is 0.0651 e. The molecule has 0 N–H and O–H groups in total. The van der Waals surface area contributed by atoms with Crippen LogP contribution in [0.3, 0.4) is 0 Å². The lowest BCUT2D eigenvalue weighted by Gasteiger charge is -2.50. The van der Waals surface area contributed by atoms with E-state index in [4.69, 9.17) is 0 Å². The molecule has 0 saturated heterocycles. The van der Waals surface area contributed by atoms with Crippen LogP contribution in [0.5, 0.6) is 0 Å². The topological polar surface area (TPSA) is 0 Å². The third kappa shape index (κ3) is 0.588. The molecule has 0 aromatic carbocycles. The third-order valence-corrected chi connectivity index (χ3v) is 4.98. The van der Waals surface area contributed by atoms with E-state index in [0.29, 0.717) is 0 Å². The summed E-state index contributed by atoms with van der Waals surface area (Å²) in [5.74, 6) is 3.48. The summed E-state index contributed by atoms with van der Waals surface area (Å²) in [5.41, 5.74) is 0.916. The van der Waals surface area contributed by atoms with Gasteiger partial charge in [-0.1, -0.05) is 13.3 Å². The Hall–Kier alpha value is 0. The molecule has 3 saturated carbocycles. The van der Waals surface area contributed by atoms with Gasteiger partial charge in [0.15, 0.2) is 0 Å². The van der Waals surface area contributed by atoms with Crippen LogP contribution in [0.2, 0.25) is 0 Å². The van der Waals surface area contributed by atoms with Crippen molar-refractivity contribution < 1.29 is 0 Å². The van der Waals surface area contributed by atoms with Gasteiger partial charge in [-0.15, -0.1) is 0 Å². The summed E-state index contributed by atoms with van der Waals surface area (Å²) in [5, 5.41) is 0. The predicted molar refractivity (Wildman–Crippen MR) is 46.3 cm³/mol. The first-order valence-corrected chi connectivity index (χ1v) is 5.35. The number of hydrogen-bond acceptors (Lipinski definition) is 0. The molecule has 1 spiro atoms. The Labute approximate surface area is 69.4 Å². The van der Waals surface area contributed by atoms with Crippen molar-refractivity contribution >= 4 is 0 Å². The van der Waals surface area contributed by atoms with E-state index in [2.05, 4.69) is 6.92 Å². The highest BCUT2D eigenvalue weighted by atomic mass is 14.7. The van der Waals surface area contributed by atoms with Crippen LogP contribution in [0.4, 0.5) is 0 Å². The van der Waals surface area contributed by atoms with Crippen molar-refractivity contribution in [2.75, 3.05) is 0 Å². The summed E-state index contributed by atoms with van der Waals surface area (Å²) >= 11 is 0. The molecule has 11 heavy (non-hydrogen) atoms. The Bertz CT molecular complexity index is 184. The van der Waals surface area contributed by atoms with Crippen molar-refractivity contribution in [2.24, 2.45) is 23.2 Å². The van der Waals surface area contributed by atoms with Crippen LogP contribution >= 0.6 is 0 Å². The fourth-order valence-electron chi connectivity index (χ4n) is 4.46. The standard InChI is InChI=1S/C11H18/c1-2-9-5-8-6-10-3-4-11(9,10)7-8/h8-10H,2-7H2,1H3. The zero-order valence-electron chi connectivity index (χ0n) is 7.47. The first-order valence-electron chi connectivity index (χ1n) is 5.35. The fourth-order valence-corrected chi connectivity index (χ4v) is 4.46. The fraction of sp³-hybridized carbons (Fsp3) is 1.00. The van der Waals surface area contributed by atoms with E-state index in [1.165, 1.54) is 12.3 Å². The van der Waals surface area contributed by atoms with Crippen molar-refractivity contribution in [3.05, 3.63) is 0 Å². The Morgan fingerprint density at radius 1 is 1.36 bits per heavy atom. The van der Waals surface area contributed by atoms with Gasteiger partial charge in [0.25, 0.3) is 0 Å². The lowest BCUT2D eigenvalue weighted by Crippen LogP contribution is -2.41. The Kier molecular flexibility index (Phi) is 1.09. The van der Waals surface area contributed by atoms with E-state index in [9.17, 15) is 0 Å². The molecule has 0 nitrogen and oxygen atoms in total. The second-order valence-electron chi connectivity index (χ2n) is 5.12. The molecule has 62 valence electrons. The van der Waals surface area contributed by atoms with E-state index in [1.54, 1.807) is 32.1 Å². The number of rotatable bonds is 1. The highest BCUT2D eigenvalue weighted by Crippen LogP contribution is 2.70. The highest BCUT2D eigenvalue weighted by molar-refractivity contribution is 5.10. The minimum atomic E-state index is 0.916. The van der Waals surface area contributed by atoms with Gasteiger partial charge < -0.3 is 0 Å². The van der Waals surface area contributed by atoms with Gasteiger partial charge in [0.05, 0.1) is 0 Å². The Morgan fingerprint density at radius 3 is 2.73 bits per heavy atom. The molecule has 0 heterocycles. The first kappa shape index (κ1) is 6.51. The third-order valence-electron chi connectivity index (χ3n) is 4.98. The van der Waals surface area contributed by atoms with Gasteiger partial charge in [-0.25, -0.2) is 0 Å². The van der Waals surface area contributed by atoms with Crippen molar-refractivity contribution in [2.45, 2.75) is 45.4 Å². The van der Waals surface area contributed by atoms with Crippen molar-refractivity contribution in [1.29, 1.82) is 0 Å². The van der Waals surface area contributed by atoms with Crippen molar-refractivity contribution in [3.8, 4) is 0 Å². The van der Waals surface area contributed by atoms with Crippen molar-refractivity contribution in [3.63, 3.8) is 0 Å². The van der Waals surface area contributed by atoms with Gasteiger partial charge in [-0.05, 0) is 55.3 Å². The summed E-state index contributed by atoms with van der Waals surface area (Å²) in [6.45, 7) is 2.40. The van der Waals surface area contributed by atoms with E-state index in [0.717, 1.165) is 17.3 Å². The first-order chi connectivity index (χ1) is 5.35. The monoisotopic (exact) mass is 150 g/mol. The molecule has 0 amide bonds. The van der Waals surface area contributed by atoms with Crippen LogP contribution in [0, 0.1) is 23.2 Å². The lowest BCUT2D eigenvalue weighted by molar-refractivity contribution is -0.00393. The lowest BCUT2D eigenvalue weighted by atomic mass is 9.55. The molecule has 3 aliphatic carbocycles. The minimum Gasteiger partial charge on any atom is -0.0651 e. The molecular formula is C11H18. The van der Waals surface area contributed by atoms with E-state index < -0.39 is 0 Å². The van der Waals surface area contributed by atoms with Gasteiger partial charge in [0.2, 0.25) is 0 Å². The summed E-state index contributed by atoms with van der Waals surface area (Å²) in [4.78, 5) is 0. The van der Waals surface area contributed by atoms with Crippen molar-refractivity contribution in [1.82, 2.24) is 0 Å². The van der Waals surface area contributed by atoms with Gasteiger partial charge in [-0.2, -0.15) is 0 Å². The molecule has 0 heteroatoms. The molecule has 3 aliphatic rings. The zero-order chi connectivity index (χ0) is 7.47. The van der Waals surface area contributed by atoms with Crippen LogP contribution in [-0.4, -0.2) is 0 Å². The van der Waals surface area contributed by atoms with Crippen LogP contribution in [0.25, 0.3) is 0 Å². The maximum atomic E-state index is 2.40.